The largest absolute Gasteiger partial charge is 0.451 e. The third-order valence-electron chi connectivity index (χ3n) is 3.15. The first-order chi connectivity index (χ1) is 10.6. The van der Waals surface area contributed by atoms with E-state index in [-0.39, 0.29) is 37.1 Å². The minimum atomic E-state index is -0.692. The lowest BCUT2D eigenvalue weighted by molar-refractivity contribution is -0.142. The number of nitrogens with zero attached hydrogens (tertiary/aromatic N) is 1. The van der Waals surface area contributed by atoms with Gasteiger partial charge in [0.25, 0.3) is 5.91 Å². The molecule has 1 aliphatic heterocycles. The van der Waals surface area contributed by atoms with Gasteiger partial charge < -0.3 is 10.1 Å². The summed E-state index contributed by atoms with van der Waals surface area (Å²) in [5.41, 5.74) is 3.28. The van der Waals surface area contributed by atoms with E-state index < -0.39 is 11.9 Å². The molecule has 0 aromatic heterocycles. The van der Waals surface area contributed by atoms with Crippen LogP contribution in [0.15, 0.2) is 35.4 Å². The summed E-state index contributed by atoms with van der Waals surface area (Å²) >= 11 is 0. The fourth-order valence-corrected chi connectivity index (χ4v) is 1.94. The Labute approximate surface area is 127 Å². The van der Waals surface area contributed by atoms with Gasteiger partial charge >= 0.3 is 5.97 Å². The summed E-state index contributed by atoms with van der Waals surface area (Å²) in [6.07, 6.45) is 0.401. The zero-order chi connectivity index (χ0) is 15.9. The molecule has 0 aliphatic carbocycles. The van der Waals surface area contributed by atoms with E-state index in [9.17, 15) is 14.4 Å². The lowest BCUT2D eigenvalue weighted by Crippen LogP contribution is -2.34. The highest BCUT2D eigenvalue weighted by Gasteiger charge is 2.20. The summed E-state index contributed by atoms with van der Waals surface area (Å²) in [6, 6.07) is 9.27. The topological polar surface area (TPSA) is 96.9 Å². The highest BCUT2D eigenvalue weighted by atomic mass is 16.5. The van der Waals surface area contributed by atoms with Crippen LogP contribution in [0, 0.1) is 0 Å². The van der Waals surface area contributed by atoms with Crippen molar-refractivity contribution in [2.75, 3.05) is 6.61 Å². The van der Waals surface area contributed by atoms with E-state index in [0.717, 1.165) is 5.56 Å². The predicted molar refractivity (Wildman–Crippen MR) is 78.8 cm³/mol. The average molecular weight is 303 g/mol. The number of hydrogen-bond donors (Lipinski definition) is 2. The smallest absolute Gasteiger partial charge is 0.355 e. The zero-order valence-electron chi connectivity index (χ0n) is 12.2. The molecule has 2 amide bonds. The quantitative estimate of drug-likeness (QED) is 0.781. The van der Waals surface area contributed by atoms with E-state index in [1.807, 2.05) is 37.3 Å². The summed E-state index contributed by atoms with van der Waals surface area (Å²) in [7, 11) is 0. The Morgan fingerprint density at radius 1 is 1.32 bits per heavy atom. The van der Waals surface area contributed by atoms with E-state index in [4.69, 9.17) is 4.74 Å². The first-order valence-corrected chi connectivity index (χ1v) is 6.93. The van der Waals surface area contributed by atoms with Crippen LogP contribution in [0.1, 0.15) is 31.4 Å². The van der Waals surface area contributed by atoms with Crippen molar-refractivity contribution in [3.8, 4) is 0 Å². The van der Waals surface area contributed by atoms with Crippen LogP contribution in [0.4, 0.5) is 0 Å². The maximum Gasteiger partial charge on any atom is 0.355 e. The van der Waals surface area contributed by atoms with Crippen LogP contribution in [0.5, 0.6) is 0 Å². The molecular formula is C15H17N3O4. The number of esters is 1. The molecule has 22 heavy (non-hydrogen) atoms. The lowest BCUT2D eigenvalue weighted by Gasteiger charge is -2.15. The number of hydrogen-bond acceptors (Lipinski definition) is 5. The monoisotopic (exact) mass is 303 g/mol. The van der Waals surface area contributed by atoms with Crippen LogP contribution in [0.25, 0.3) is 0 Å². The lowest BCUT2D eigenvalue weighted by atomic mass is 10.1. The molecule has 1 atom stereocenters. The van der Waals surface area contributed by atoms with Gasteiger partial charge in [-0.25, -0.2) is 10.2 Å². The van der Waals surface area contributed by atoms with E-state index in [0.29, 0.717) is 0 Å². The predicted octanol–water partition coefficient (Wildman–Crippen LogP) is 0.673. The van der Waals surface area contributed by atoms with Crippen molar-refractivity contribution in [1.82, 2.24) is 10.7 Å². The fraction of sp³-hybridized carbons (Fsp3) is 0.333. The molecule has 1 heterocycles. The number of amides is 2. The SMILES string of the molecule is C[C@@H](NC(=O)COC(=O)C1=NNC(=O)CC1)c1ccccc1. The standard InChI is InChI=1S/C15H17N3O4/c1-10(11-5-3-2-4-6-11)16-14(20)9-22-15(21)12-7-8-13(19)18-17-12/h2-6,10H,7-9H2,1H3,(H,16,20)(H,18,19)/t10-/m1/s1. The van der Waals surface area contributed by atoms with Crippen molar-refractivity contribution in [2.45, 2.75) is 25.8 Å². The van der Waals surface area contributed by atoms with E-state index in [1.54, 1.807) is 0 Å². The number of nitrogens with one attached hydrogen (secondary N) is 2. The summed E-state index contributed by atoms with van der Waals surface area (Å²) in [4.78, 5) is 34.4. The maximum absolute atomic E-state index is 11.8. The molecule has 116 valence electrons. The van der Waals surface area contributed by atoms with Crippen molar-refractivity contribution in [1.29, 1.82) is 0 Å². The molecule has 2 rings (SSSR count). The highest BCUT2D eigenvalue weighted by Crippen LogP contribution is 2.10. The maximum atomic E-state index is 11.8. The van der Waals surface area contributed by atoms with Crippen LogP contribution in [0.2, 0.25) is 0 Å². The van der Waals surface area contributed by atoms with Crippen LogP contribution in [0.3, 0.4) is 0 Å². The second-order valence-corrected chi connectivity index (χ2v) is 4.87. The van der Waals surface area contributed by atoms with Crippen LogP contribution in [-0.4, -0.2) is 30.1 Å². The van der Waals surface area contributed by atoms with Gasteiger partial charge in [0.2, 0.25) is 5.91 Å². The van der Waals surface area contributed by atoms with Gasteiger partial charge in [0.15, 0.2) is 6.61 Å². The molecule has 7 heteroatoms. The Balaban J connectivity index is 1.78. The summed E-state index contributed by atoms with van der Waals surface area (Å²) in [5.74, 6) is -1.33. The molecule has 0 bridgehead atoms. The fourth-order valence-electron chi connectivity index (χ4n) is 1.94. The number of carbonyl (C=O) groups is 3. The Bertz CT molecular complexity index is 598. The van der Waals surface area contributed by atoms with Crippen molar-refractivity contribution >= 4 is 23.5 Å². The molecule has 7 nitrogen and oxygen atoms in total. The molecule has 1 aromatic carbocycles. The first kappa shape index (κ1) is 15.7. The Morgan fingerprint density at radius 2 is 2.05 bits per heavy atom. The Kier molecular flexibility index (Phi) is 5.24. The summed E-state index contributed by atoms with van der Waals surface area (Å²) < 4.78 is 4.88. The number of carbonyl (C=O) groups excluding carboxylic acids is 3. The van der Waals surface area contributed by atoms with E-state index in [2.05, 4.69) is 15.8 Å². The molecule has 1 aliphatic rings. The molecule has 0 fully saturated rings. The van der Waals surface area contributed by atoms with Gasteiger partial charge in [-0.15, -0.1) is 0 Å². The van der Waals surface area contributed by atoms with Crippen molar-refractivity contribution in [3.05, 3.63) is 35.9 Å². The van der Waals surface area contributed by atoms with Crippen LogP contribution in [-0.2, 0) is 19.1 Å². The van der Waals surface area contributed by atoms with Gasteiger partial charge in [-0.1, -0.05) is 30.3 Å². The minimum absolute atomic E-state index is 0.114. The van der Waals surface area contributed by atoms with Gasteiger partial charge in [0.05, 0.1) is 6.04 Å². The minimum Gasteiger partial charge on any atom is -0.451 e. The van der Waals surface area contributed by atoms with Crippen LogP contribution >= 0.6 is 0 Å². The van der Waals surface area contributed by atoms with Gasteiger partial charge in [0, 0.05) is 12.8 Å². The number of benzene rings is 1. The van der Waals surface area contributed by atoms with E-state index in [1.165, 1.54) is 0 Å². The Morgan fingerprint density at radius 3 is 2.68 bits per heavy atom. The van der Waals surface area contributed by atoms with Gasteiger partial charge in [-0.05, 0) is 12.5 Å². The second kappa shape index (κ2) is 7.35. The zero-order valence-corrected chi connectivity index (χ0v) is 12.2. The van der Waals surface area contributed by atoms with Crippen molar-refractivity contribution in [2.24, 2.45) is 5.10 Å². The molecule has 1 aromatic rings. The molecule has 0 radical (unpaired) electrons. The van der Waals surface area contributed by atoms with Gasteiger partial charge in [-0.3, -0.25) is 9.59 Å². The summed E-state index contributed by atoms with van der Waals surface area (Å²) in [5, 5.41) is 6.34. The van der Waals surface area contributed by atoms with E-state index >= 15 is 0 Å². The van der Waals surface area contributed by atoms with Gasteiger partial charge in [-0.2, -0.15) is 5.10 Å². The van der Waals surface area contributed by atoms with Gasteiger partial charge in [0.1, 0.15) is 5.71 Å². The highest BCUT2D eigenvalue weighted by molar-refractivity contribution is 6.37. The third kappa shape index (κ3) is 4.41. The van der Waals surface area contributed by atoms with Crippen molar-refractivity contribution < 1.29 is 19.1 Å². The van der Waals surface area contributed by atoms with Crippen molar-refractivity contribution in [3.63, 3.8) is 0 Å². The molecule has 0 saturated heterocycles. The third-order valence-corrected chi connectivity index (χ3v) is 3.15. The first-order valence-electron chi connectivity index (χ1n) is 6.93. The molecule has 0 saturated carbocycles. The normalized spacial score (nSPS) is 15.3. The molecule has 0 unspecified atom stereocenters. The molecule has 2 N–H and O–H groups in total. The molecular weight excluding hydrogens is 286 g/mol. The molecule has 0 spiro atoms. The number of ether oxygens (including phenoxy) is 1. The second-order valence-electron chi connectivity index (χ2n) is 4.87. The number of hydrazone groups is 1. The van der Waals surface area contributed by atoms with Crippen LogP contribution < -0.4 is 10.7 Å². The Hall–Kier alpha value is -2.70. The summed E-state index contributed by atoms with van der Waals surface area (Å²) in [6.45, 7) is 1.46. The number of rotatable bonds is 5. The average Bonchev–Trinajstić information content (AvgIpc) is 2.54.